The number of nitrogens with two attached hydrogens (primary N) is 1. The van der Waals surface area contributed by atoms with E-state index < -0.39 is 0 Å². The summed E-state index contributed by atoms with van der Waals surface area (Å²) < 4.78 is 5.80. The first-order valence-corrected chi connectivity index (χ1v) is 6.75. The predicted molar refractivity (Wildman–Crippen MR) is 73.5 cm³/mol. The number of hydrogen-bond donors (Lipinski definition) is 1. The molecule has 1 saturated heterocycles. The van der Waals surface area contributed by atoms with Gasteiger partial charge in [-0.25, -0.2) is 0 Å². The van der Waals surface area contributed by atoms with Crippen molar-refractivity contribution in [3.63, 3.8) is 0 Å². The molecule has 0 spiro atoms. The Labute approximate surface area is 110 Å². The van der Waals surface area contributed by atoms with Gasteiger partial charge in [0, 0.05) is 31.7 Å². The SMILES string of the molecule is Cc1ccc(C(C(C)N)N2CCN(C)CC2C)o1. The molecule has 3 unspecified atom stereocenters. The molecule has 2 rings (SSSR count). The quantitative estimate of drug-likeness (QED) is 0.886. The van der Waals surface area contributed by atoms with Gasteiger partial charge in [0.05, 0.1) is 6.04 Å². The van der Waals surface area contributed by atoms with Crippen LogP contribution < -0.4 is 5.73 Å². The minimum atomic E-state index is 0.0707. The molecule has 3 atom stereocenters. The Bertz CT molecular complexity index is 388. The Kier molecular flexibility index (Phi) is 4.10. The lowest BCUT2D eigenvalue weighted by molar-refractivity contribution is 0.0429. The van der Waals surface area contributed by atoms with Gasteiger partial charge in [-0.1, -0.05) is 0 Å². The zero-order valence-corrected chi connectivity index (χ0v) is 11.9. The van der Waals surface area contributed by atoms with E-state index in [4.69, 9.17) is 10.2 Å². The fourth-order valence-electron chi connectivity index (χ4n) is 2.90. The second-order valence-corrected chi connectivity index (χ2v) is 5.60. The van der Waals surface area contributed by atoms with Crippen molar-refractivity contribution < 1.29 is 4.42 Å². The van der Waals surface area contributed by atoms with Gasteiger partial charge in [-0.3, -0.25) is 4.90 Å². The number of likely N-dealkylation sites (N-methyl/N-ethyl adjacent to an activating group) is 1. The predicted octanol–water partition coefficient (Wildman–Crippen LogP) is 1.61. The Balaban J connectivity index is 2.20. The molecule has 2 N–H and O–H groups in total. The Hall–Kier alpha value is -0.840. The summed E-state index contributed by atoms with van der Waals surface area (Å²) in [5.41, 5.74) is 6.19. The molecule has 102 valence electrons. The molecule has 18 heavy (non-hydrogen) atoms. The smallest absolute Gasteiger partial charge is 0.122 e. The Morgan fingerprint density at radius 1 is 1.39 bits per heavy atom. The first-order valence-electron chi connectivity index (χ1n) is 6.75. The fourth-order valence-corrected chi connectivity index (χ4v) is 2.90. The molecule has 1 aliphatic rings. The van der Waals surface area contributed by atoms with Crippen LogP contribution in [-0.2, 0) is 0 Å². The minimum absolute atomic E-state index is 0.0707. The van der Waals surface area contributed by atoms with Gasteiger partial charge < -0.3 is 15.1 Å². The van der Waals surface area contributed by atoms with Gasteiger partial charge in [0.25, 0.3) is 0 Å². The summed E-state index contributed by atoms with van der Waals surface area (Å²) in [5, 5.41) is 0. The third kappa shape index (κ3) is 2.76. The van der Waals surface area contributed by atoms with Crippen molar-refractivity contribution in [2.45, 2.75) is 38.9 Å². The van der Waals surface area contributed by atoms with Crippen LogP contribution in [0.3, 0.4) is 0 Å². The van der Waals surface area contributed by atoms with Crippen molar-refractivity contribution in [1.29, 1.82) is 0 Å². The first-order chi connectivity index (χ1) is 8.49. The molecule has 1 fully saturated rings. The summed E-state index contributed by atoms with van der Waals surface area (Å²) in [6.07, 6.45) is 0. The summed E-state index contributed by atoms with van der Waals surface area (Å²) in [5.74, 6) is 1.95. The lowest BCUT2D eigenvalue weighted by Gasteiger charge is -2.43. The molecule has 0 radical (unpaired) electrons. The molecule has 0 amide bonds. The van der Waals surface area contributed by atoms with Crippen LogP contribution in [0.5, 0.6) is 0 Å². The van der Waals surface area contributed by atoms with Gasteiger partial charge in [-0.2, -0.15) is 0 Å². The molecule has 1 aromatic heterocycles. The second kappa shape index (κ2) is 5.43. The van der Waals surface area contributed by atoms with E-state index in [1.54, 1.807) is 0 Å². The maximum absolute atomic E-state index is 6.19. The van der Waals surface area contributed by atoms with Crippen LogP contribution in [0.2, 0.25) is 0 Å². The van der Waals surface area contributed by atoms with Crippen LogP contribution in [0.15, 0.2) is 16.5 Å². The van der Waals surface area contributed by atoms with Crippen molar-refractivity contribution in [1.82, 2.24) is 9.80 Å². The minimum Gasteiger partial charge on any atom is -0.465 e. The molecular weight excluding hydrogens is 226 g/mol. The van der Waals surface area contributed by atoms with Crippen LogP contribution in [0, 0.1) is 6.92 Å². The van der Waals surface area contributed by atoms with Gasteiger partial charge >= 0.3 is 0 Å². The van der Waals surface area contributed by atoms with Crippen molar-refractivity contribution in [3.05, 3.63) is 23.7 Å². The lowest BCUT2D eigenvalue weighted by atomic mass is 10.0. The van der Waals surface area contributed by atoms with E-state index in [0.29, 0.717) is 6.04 Å². The summed E-state index contributed by atoms with van der Waals surface area (Å²) in [6.45, 7) is 9.53. The molecular formula is C14H25N3O. The van der Waals surface area contributed by atoms with E-state index in [1.165, 1.54) is 0 Å². The monoisotopic (exact) mass is 251 g/mol. The zero-order valence-electron chi connectivity index (χ0n) is 11.9. The van der Waals surface area contributed by atoms with Crippen LogP contribution in [0.1, 0.15) is 31.4 Å². The average molecular weight is 251 g/mol. The van der Waals surface area contributed by atoms with E-state index in [9.17, 15) is 0 Å². The third-order valence-corrected chi connectivity index (χ3v) is 3.79. The van der Waals surface area contributed by atoms with E-state index in [1.807, 2.05) is 13.0 Å². The highest BCUT2D eigenvalue weighted by Crippen LogP contribution is 2.28. The van der Waals surface area contributed by atoms with E-state index >= 15 is 0 Å². The average Bonchev–Trinajstić information content (AvgIpc) is 2.68. The van der Waals surface area contributed by atoms with Crippen molar-refractivity contribution in [2.24, 2.45) is 5.73 Å². The Morgan fingerprint density at radius 2 is 2.11 bits per heavy atom. The molecule has 4 heteroatoms. The molecule has 0 saturated carbocycles. The molecule has 0 bridgehead atoms. The van der Waals surface area contributed by atoms with E-state index in [2.05, 4.69) is 36.8 Å². The van der Waals surface area contributed by atoms with E-state index in [0.717, 1.165) is 31.2 Å². The van der Waals surface area contributed by atoms with Gasteiger partial charge in [-0.05, 0) is 40.0 Å². The second-order valence-electron chi connectivity index (χ2n) is 5.60. The molecule has 1 aliphatic heterocycles. The fraction of sp³-hybridized carbons (Fsp3) is 0.714. The van der Waals surface area contributed by atoms with Gasteiger partial charge in [0.1, 0.15) is 11.5 Å². The Morgan fingerprint density at radius 3 is 2.61 bits per heavy atom. The van der Waals surface area contributed by atoms with Crippen LogP contribution in [-0.4, -0.2) is 48.6 Å². The number of hydrogen-bond acceptors (Lipinski definition) is 4. The summed E-state index contributed by atoms with van der Waals surface area (Å²) in [4.78, 5) is 4.84. The van der Waals surface area contributed by atoms with Crippen molar-refractivity contribution in [2.75, 3.05) is 26.7 Å². The third-order valence-electron chi connectivity index (χ3n) is 3.79. The van der Waals surface area contributed by atoms with Crippen LogP contribution in [0.4, 0.5) is 0 Å². The molecule has 0 aromatic carbocycles. The van der Waals surface area contributed by atoms with Crippen molar-refractivity contribution >= 4 is 0 Å². The summed E-state index contributed by atoms with van der Waals surface area (Å²) in [7, 11) is 2.17. The number of piperazine rings is 1. The topological polar surface area (TPSA) is 45.6 Å². The maximum Gasteiger partial charge on any atom is 0.122 e. The largest absolute Gasteiger partial charge is 0.465 e. The zero-order chi connectivity index (χ0) is 13.3. The van der Waals surface area contributed by atoms with Crippen LogP contribution in [0.25, 0.3) is 0 Å². The molecule has 1 aromatic rings. The molecule has 0 aliphatic carbocycles. The normalized spacial score (nSPS) is 26.2. The van der Waals surface area contributed by atoms with E-state index in [-0.39, 0.29) is 12.1 Å². The summed E-state index contributed by atoms with van der Waals surface area (Å²) in [6, 6.07) is 4.84. The lowest BCUT2D eigenvalue weighted by Crippen LogP contribution is -2.54. The van der Waals surface area contributed by atoms with Crippen LogP contribution >= 0.6 is 0 Å². The first kappa shape index (κ1) is 13.6. The standard InChI is InChI=1S/C14H25N3O/c1-10-9-16(4)7-8-17(10)14(12(3)15)13-6-5-11(2)18-13/h5-6,10,12,14H,7-9,15H2,1-4H3. The molecule has 2 heterocycles. The molecule has 4 nitrogen and oxygen atoms in total. The van der Waals surface area contributed by atoms with Gasteiger partial charge in [0.2, 0.25) is 0 Å². The number of rotatable bonds is 3. The van der Waals surface area contributed by atoms with Gasteiger partial charge in [0.15, 0.2) is 0 Å². The highest BCUT2D eigenvalue weighted by molar-refractivity contribution is 5.12. The van der Waals surface area contributed by atoms with Crippen molar-refractivity contribution in [3.8, 4) is 0 Å². The number of nitrogens with zero attached hydrogens (tertiary/aromatic N) is 2. The summed E-state index contributed by atoms with van der Waals surface area (Å²) >= 11 is 0. The maximum atomic E-state index is 6.19. The highest BCUT2D eigenvalue weighted by Gasteiger charge is 2.32. The highest BCUT2D eigenvalue weighted by atomic mass is 16.3. The number of aryl methyl sites for hydroxylation is 1. The van der Waals surface area contributed by atoms with Gasteiger partial charge in [-0.15, -0.1) is 0 Å². The number of furan rings is 1.